The molecule has 6 heteroatoms. The highest BCUT2D eigenvalue weighted by Crippen LogP contribution is 2.25. The first-order valence-corrected chi connectivity index (χ1v) is 7.18. The van der Waals surface area contributed by atoms with E-state index in [4.69, 9.17) is 10.5 Å². The lowest BCUT2D eigenvalue weighted by Crippen LogP contribution is -2.37. The van der Waals surface area contributed by atoms with Gasteiger partial charge in [0, 0.05) is 6.54 Å². The van der Waals surface area contributed by atoms with Crippen molar-refractivity contribution in [2.45, 2.75) is 19.3 Å². The summed E-state index contributed by atoms with van der Waals surface area (Å²) in [6.07, 6.45) is 2.05. The summed E-state index contributed by atoms with van der Waals surface area (Å²) in [6.45, 7) is 1.88. The molecule has 4 N–H and O–H groups in total. The maximum absolute atomic E-state index is 12.2. The Labute approximate surface area is 124 Å². The minimum absolute atomic E-state index is 0.00634. The van der Waals surface area contributed by atoms with Crippen LogP contribution >= 0.6 is 0 Å². The lowest BCUT2D eigenvalue weighted by atomic mass is 9.99. The van der Waals surface area contributed by atoms with E-state index in [1.807, 2.05) is 12.1 Å². The van der Waals surface area contributed by atoms with Gasteiger partial charge >= 0.3 is 0 Å². The van der Waals surface area contributed by atoms with Gasteiger partial charge in [-0.3, -0.25) is 9.59 Å². The number of carbonyl (C=O) groups is 2. The molecule has 0 saturated carbocycles. The number of piperidine rings is 1. The predicted octanol–water partition coefficient (Wildman–Crippen LogP) is 0.879. The number of hydrogen-bond acceptors (Lipinski definition) is 4. The van der Waals surface area contributed by atoms with Crippen molar-refractivity contribution in [3.8, 4) is 5.75 Å². The zero-order chi connectivity index (χ0) is 15.1. The monoisotopic (exact) mass is 291 g/mol. The smallest absolute Gasteiger partial charge is 0.228 e. The maximum Gasteiger partial charge on any atom is 0.228 e. The van der Waals surface area contributed by atoms with Crippen LogP contribution in [0.3, 0.4) is 0 Å². The molecule has 0 aromatic heterocycles. The van der Waals surface area contributed by atoms with Gasteiger partial charge in [0.15, 0.2) is 0 Å². The average Bonchev–Trinajstić information content (AvgIpc) is 2.49. The summed E-state index contributed by atoms with van der Waals surface area (Å²) in [7, 11) is 0. The van der Waals surface area contributed by atoms with Crippen LogP contribution in [0.15, 0.2) is 24.3 Å². The van der Waals surface area contributed by atoms with Crippen LogP contribution in [0.5, 0.6) is 5.75 Å². The molecule has 1 atom stereocenters. The van der Waals surface area contributed by atoms with E-state index < -0.39 is 5.91 Å². The molecule has 6 nitrogen and oxygen atoms in total. The summed E-state index contributed by atoms with van der Waals surface area (Å²) in [5.74, 6) is 0.117. The van der Waals surface area contributed by atoms with Crippen LogP contribution in [-0.4, -0.2) is 31.5 Å². The number of nitrogens with two attached hydrogens (primary N) is 1. The summed E-state index contributed by atoms with van der Waals surface area (Å²) in [5.41, 5.74) is 5.70. The second-order valence-corrected chi connectivity index (χ2v) is 5.09. The van der Waals surface area contributed by atoms with Crippen molar-refractivity contribution in [3.63, 3.8) is 0 Å². The summed E-state index contributed by atoms with van der Waals surface area (Å²) in [5, 5.41) is 6.12. The van der Waals surface area contributed by atoms with E-state index in [1.54, 1.807) is 12.1 Å². The van der Waals surface area contributed by atoms with E-state index >= 15 is 0 Å². The number of primary amides is 1. The normalized spacial score (nSPS) is 18.0. The molecule has 2 amide bonds. The standard InChI is InChI=1S/C15H21N3O3/c16-14(19)7-9-21-13-6-2-1-5-12(13)18-15(20)11-4-3-8-17-10-11/h1-2,5-6,11,17H,3-4,7-10H2,(H2,16,19)(H,18,20)/t11-/m1/s1. The Morgan fingerprint density at radius 1 is 1.38 bits per heavy atom. The van der Waals surface area contributed by atoms with Gasteiger partial charge in [0.1, 0.15) is 5.75 Å². The van der Waals surface area contributed by atoms with E-state index in [9.17, 15) is 9.59 Å². The Kier molecular flexibility index (Phi) is 5.57. The minimum Gasteiger partial charge on any atom is -0.491 e. The number of rotatable bonds is 6. The Morgan fingerprint density at radius 3 is 2.90 bits per heavy atom. The molecule has 0 radical (unpaired) electrons. The van der Waals surface area contributed by atoms with E-state index in [1.165, 1.54) is 0 Å². The molecule has 114 valence electrons. The second kappa shape index (κ2) is 7.64. The van der Waals surface area contributed by atoms with Gasteiger partial charge in [-0.2, -0.15) is 0 Å². The molecule has 21 heavy (non-hydrogen) atoms. The highest BCUT2D eigenvalue weighted by atomic mass is 16.5. The van der Waals surface area contributed by atoms with Crippen LogP contribution in [0.2, 0.25) is 0 Å². The second-order valence-electron chi connectivity index (χ2n) is 5.09. The molecule has 0 bridgehead atoms. The molecule has 0 spiro atoms. The highest BCUT2D eigenvalue weighted by Gasteiger charge is 2.21. The summed E-state index contributed by atoms with van der Waals surface area (Å²) in [6, 6.07) is 7.19. The summed E-state index contributed by atoms with van der Waals surface area (Å²) in [4.78, 5) is 22.9. The number of benzene rings is 1. The van der Waals surface area contributed by atoms with Gasteiger partial charge in [0.2, 0.25) is 11.8 Å². The molecule has 1 fully saturated rings. The van der Waals surface area contributed by atoms with Crippen molar-refractivity contribution in [3.05, 3.63) is 24.3 Å². The molecular formula is C15H21N3O3. The van der Waals surface area contributed by atoms with Crippen molar-refractivity contribution in [2.75, 3.05) is 25.0 Å². The van der Waals surface area contributed by atoms with Crippen molar-refractivity contribution in [2.24, 2.45) is 11.7 Å². The molecule has 0 unspecified atom stereocenters. The lowest BCUT2D eigenvalue weighted by Gasteiger charge is -2.22. The van der Waals surface area contributed by atoms with Gasteiger partial charge in [-0.1, -0.05) is 12.1 Å². The minimum atomic E-state index is -0.412. The van der Waals surface area contributed by atoms with Crippen LogP contribution < -0.4 is 21.1 Å². The number of anilines is 1. The molecule has 1 heterocycles. The van der Waals surface area contributed by atoms with Gasteiger partial charge in [-0.05, 0) is 31.5 Å². The number of ether oxygens (including phenoxy) is 1. The first kappa shape index (κ1) is 15.3. The zero-order valence-electron chi connectivity index (χ0n) is 11.9. The van der Waals surface area contributed by atoms with Crippen molar-refractivity contribution in [1.82, 2.24) is 5.32 Å². The van der Waals surface area contributed by atoms with Crippen LogP contribution in [0.1, 0.15) is 19.3 Å². The molecule has 1 aliphatic heterocycles. The highest BCUT2D eigenvalue weighted by molar-refractivity contribution is 5.94. The third-order valence-corrected chi connectivity index (χ3v) is 3.42. The summed E-state index contributed by atoms with van der Waals surface area (Å²) < 4.78 is 5.51. The average molecular weight is 291 g/mol. The lowest BCUT2D eigenvalue weighted by molar-refractivity contribution is -0.120. The Hall–Kier alpha value is -2.08. The van der Waals surface area contributed by atoms with E-state index in [0.29, 0.717) is 18.0 Å². The first-order chi connectivity index (χ1) is 10.2. The van der Waals surface area contributed by atoms with Crippen molar-refractivity contribution < 1.29 is 14.3 Å². The van der Waals surface area contributed by atoms with E-state index in [2.05, 4.69) is 10.6 Å². The fourth-order valence-electron chi connectivity index (χ4n) is 2.27. The quantitative estimate of drug-likeness (QED) is 0.725. The number of hydrogen-bond donors (Lipinski definition) is 3. The molecule has 1 aromatic carbocycles. The van der Waals surface area contributed by atoms with E-state index in [-0.39, 0.29) is 24.9 Å². The molecular weight excluding hydrogens is 270 g/mol. The first-order valence-electron chi connectivity index (χ1n) is 7.18. The molecule has 2 rings (SSSR count). The van der Waals surface area contributed by atoms with Crippen LogP contribution in [0.4, 0.5) is 5.69 Å². The van der Waals surface area contributed by atoms with Gasteiger partial charge in [-0.25, -0.2) is 0 Å². The number of amides is 2. The Balaban J connectivity index is 1.95. The number of nitrogens with one attached hydrogen (secondary N) is 2. The summed E-state index contributed by atoms with van der Waals surface area (Å²) >= 11 is 0. The fraction of sp³-hybridized carbons (Fsp3) is 0.467. The third-order valence-electron chi connectivity index (χ3n) is 3.42. The van der Waals surface area contributed by atoms with Crippen LogP contribution in [0.25, 0.3) is 0 Å². The van der Waals surface area contributed by atoms with Crippen LogP contribution in [-0.2, 0) is 9.59 Å². The van der Waals surface area contributed by atoms with E-state index in [0.717, 1.165) is 19.4 Å². The third kappa shape index (κ3) is 4.75. The number of para-hydroxylation sites is 2. The van der Waals surface area contributed by atoms with Gasteiger partial charge < -0.3 is 21.1 Å². The fourth-order valence-corrected chi connectivity index (χ4v) is 2.27. The van der Waals surface area contributed by atoms with Crippen molar-refractivity contribution >= 4 is 17.5 Å². The largest absolute Gasteiger partial charge is 0.491 e. The van der Waals surface area contributed by atoms with Gasteiger partial charge in [-0.15, -0.1) is 0 Å². The Morgan fingerprint density at radius 2 is 2.19 bits per heavy atom. The predicted molar refractivity (Wildman–Crippen MR) is 80.0 cm³/mol. The van der Waals surface area contributed by atoms with Crippen molar-refractivity contribution in [1.29, 1.82) is 0 Å². The number of carbonyl (C=O) groups excluding carboxylic acids is 2. The molecule has 1 aromatic rings. The van der Waals surface area contributed by atoms with Crippen LogP contribution in [0, 0.1) is 5.92 Å². The SMILES string of the molecule is NC(=O)CCOc1ccccc1NC(=O)[C@@H]1CCCNC1. The molecule has 0 aliphatic carbocycles. The van der Waals surface area contributed by atoms with Gasteiger partial charge in [0.05, 0.1) is 24.6 Å². The maximum atomic E-state index is 12.2. The zero-order valence-corrected chi connectivity index (χ0v) is 11.9. The molecule has 1 aliphatic rings. The Bertz CT molecular complexity index is 499. The molecule has 1 saturated heterocycles. The topological polar surface area (TPSA) is 93.5 Å². The van der Waals surface area contributed by atoms with Gasteiger partial charge in [0.25, 0.3) is 0 Å².